The number of anilines is 3. The fraction of sp³-hybridized carbons (Fsp3) is 0.286. The minimum atomic E-state index is -2.64. The number of hydrogen-bond donors (Lipinski definition) is 2. The van der Waals surface area contributed by atoms with Crippen LogP contribution in [0.5, 0.6) is 5.75 Å². The quantitative estimate of drug-likeness (QED) is 0.654. The third kappa shape index (κ3) is 2.96. The lowest BCUT2D eigenvalue weighted by Gasteiger charge is -2.33. The predicted molar refractivity (Wildman–Crippen MR) is 107 cm³/mol. The summed E-state index contributed by atoms with van der Waals surface area (Å²) in [5.74, 6) is 0.582. The number of pyridine rings is 1. The SMILES string of the molecule is COc1cc(N2CCCc3cc(N)c(C(F)F)cc32)c2cc(C)c(=O)[nH]c2c1. The van der Waals surface area contributed by atoms with E-state index in [1.165, 1.54) is 6.07 Å². The topological polar surface area (TPSA) is 71.3 Å². The molecule has 0 unspecified atom stereocenters. The summed E-state index contributed by atoms with van der Waals surface area (Å²) in [6.07, 6.45) is -1.01. The fourth-order valence-corrected chi connectivity index (χ4v) is 3.82. The molecule has 0 fully saturated rings. The number of nitrogen functional groups attached to an aromatic ring is 1. The summed E-state index contributed by atoms with van der Waals surface area (Å²) in [4.78, 5) is 16.9. The maximum absolute atomic E-state index is 13.4. The van der Waals surface area contributed by atoms with Gasteiger partial charge in [0.05, 0.1) is 18.3 Å². The molecule has 4 rings (SSSR count). The number of aromatic nitrogens is 1. The molecule has 28 heavy (non-hydrogen) atoms. The largest absolute Gasteiger partial charge is 0.497 e. The first-order valence-electron chi connectivity index (χ1n) is 9.08. The Labute approximate surface area is 160 Å². The molecule has 5 nitrogen and oxygen atoms in total. The van der Waals surface area contributed by atoms with Gasteiger partial charge in [-0.3, -0.25) is 4.79 Å². The van der Waals surface area contributed by atoms with Gasteiger partial charge in [-0.25, -0.2) is 8.78 Å². The highest BCUT2D eigenvalue weighted by molar-refractivity contribution is 5.96. The van der Waals surface area contributed by atoms with E-state index in [-0.39, 0.29) is 16.8 Å². The highest BCUT2D eigenvalue weighted by Crippen LogP contribution is 2.42. The van der Waals surface area contributed by atoms with Crippen LogP contribution in [0.3, 0.4) is 0 Å². The lowest BCUT2D eigenvalue weighted by Crippen LogP contribution is -2.25. The van der Waals surface area contributed by atoms with Crippen molar-refractivity contribution in [3.63, 3.8) is 0 Å². The summed E-state index contributed by atoms with van der Waals surface area (Å²) >= 11 is 0. The van der Waals surface area contributed by atoms with Crippen LogP contribution in [0, 0.1) is 6.92 Å². The molecule has 3 N–H and O–H groups in total. The van der Waals surface area contributed by atoms with Crippen LogP contribution in [0.2, 0.25) is 0 Å². The number of hydrogen-bond acceptors (Lipinski definition) is 4. The Kier molecular flexibility index (Phi) is 4.45. The molecule has 7 heteroatoms. The first-order chi connectivity index (χ1) is 13.4. The molecule has 1 aliphatic rings. The Bertz CT molecular complexity index is 1120. The molecule has 0 aliphatic carbocycles. The van der Waals surface area contributed by atoms with Gasteiger partial charge in [0.25, 0.3) is 12.0 Å². The number of alkyl halides is 2. The Morgan fingerprint density at radius 2 is 1.96 bits per heavy atom. The Hall–Kier alpha value is -3.09. The van der Waals surface area contributed by atoms with Crippen molar-refractivity contribution >= 4 is 28.0 Å². The van der Waals surface area contributed by atoms with Gasteiger partial charge in [0.1, 0.15) is 5.75 Å². The van der Waals surface area contributed by atoms with Crippen molar-refractivity contribution in [1.29, 1.82) is 0 Å². The number of nitrogens with one attached hydrogen (secondary N) is 1. The molecule has 0 saturated heterocycles. The molecule has 2 heterocycles. The molecule has 1 aromatic heterocycles. The van der Waals surface area contributed by atoms with Gasteiger partial charge in [0.2, 0.25) is 0 Å². The molecule has 0 spiro atoms. The summed E-state index contributed by atoms with van der Waals surface area (Å²) in [6.45, 7) is 2.41. The van der Waals surface area contributed by atoms with Crippen LogP contribution >= 0.6 is 0 Å². The van der Waals surface area contributed by atoms with Gasteiger partial charge in [-0.05, 0) is 43.5 Å². The van der Waals surface area contributed by atoms with Gasteiger partial charge >= 0.3 is 0 Å². The van der Waals surface area contributed by atoms with Crippen molar-refractivity contribution in [3.8, 4) is 5.75 Å². The van der Waals surface area contributed by atoms with Gasteiger partial charge in [0, 0.05) is 46.6 Å². The molecule has 146 valence electrons. The number of fused-ring (bicyclic) bond motifs is 2. The number of rotatable bonds is 3. The number of ether oxygens (including phenoxy) is 1. The van der Waals surface area contributed by atoms with Crippen molar-refractivity contribution in [3.05, 3.63) is 57.4 Å². The molecular weight excluding hydrogens is 364 g/mol. The van der Waals surface area contributed by atoms with Crippen molar-refractivity contribution in [2.45, 2.75) is 26.2 Å². The Morgan fingerprint density at radius 1 is 1.18 bits per heavy atom. The van der Waals surface area contributed by atoms with E-state index in [4.69, 9.17) is 10.5 Å². The third-order valence-corrected chi connectivity index (χ3v) is 5.26. The van der Waals surface area contributed by atoms with E-state index < -0.39 is 6.43 Å². The van der Waals surface area contributed by atoms with Crippen LogP contribution in [-0.2, 0) is 6.42 Å². The smallest absolute Gasteiger partial charge is 0.265 e. The van der Waals surface area contributed by atoms with E-state index >= 15 is 0 Å². The minimum Gasteiger partial charge on any atom is -0.497 e. The van der Waals surface area contributed by atoms with Gasteiger partial charge in [-0.15, -0.1) is 0 Å². The van der Waals surface area contributed by atoms with Crippen molar-refractivity contribution < 1.29 is 13.5 Å². The number of nitrogens with two attached hydrogens (primary N) is 1. The maximum atomic E-state index is 13.4. The summed E-state index contributed by atoms with van der Waals surface area (Å²) in [5, 5.41) is 0.834. The van der Waals surface area contributed by atoms with Crippen molar-refractivity contribution in [2.24, 2.45) is 0 Å². The second-order valence-corrected chi connectivity index (χ2v) is 7.05. The monoisotopic (exact) mass is 385 g/mol. The van der Waals surface area contributed by atoms with E-state index in [1.807, 2.05) is 17.0 Å². The number of nitrogens with zero attached hydrogens (tertiary/aromatic N) is 1. The molecule has 0 radical (unpaired) electrons. The summed E-state index contributed by atoms with van der Waals surface area (Å²) in [7, 11) is 1.55. The van der Waals surface area contributed by atoms with Gasteiger partial charge in [-0.1, -0.05) is 0 Å². The fourth-order valence-electron chi connectivity index (χ4n) is 3.82. The summed E-state index contributed by atoms with van der Waals surface area (Å²) in [6, 6.07) is 8.59. The molecule has 0 amide bonds. The number of methoxy groups -OCH3 is 1. The number of halogens is 2. The van der Waals surface area contributed by atoms with E-state index in [0.717, 1.165) is 29.5 Å². The number of aromatic amines is 1. The zero-order chi connectivity index (χ0) is 20.0. The number of benzene rings is 2. The third-order valence-electron chi connectivity index (χ3n) is 5.26. The van der Waals surface area contributed by atoms with Gasteiger partial charge in [0.15, 0.2) is 0 Å². The summed E-state index contributed by atoms with van der Waals surface area (Å²) in [5.41, 5.74) is 9.31. The van der Waals surface area contributed by atoms with Crippen LogP contribution in [0.1, 0.15) is 29.5 Å². The highest BCUT2D eigenvalue weighted by atomic mass is 19.3. The van der Waals surface area contributed by atoms with Crippen molar-refractivity contribution in [2.75, 3.05) is 24.3 Å². The van der Waals surface area contributed by atoms with Gasteiger partial charge < -0.3 is 20.4 Å². The average Bonchev–Trinajstić information content (AvgIpc) is 2.67. The summed E-state index contributed by atoms with van der Waals surface area (Å²) < 4.78 is 32.3. The van der Waals surface area contributed by atoms with E-state index in [0.29, 0.717) is 29.1 Å². The molecule has 0 bridgehead atoms. The van der Waals surface area contributed by atoms with Crippen LogP contribution < -0.4 is 20.9 Å². The second kappa shape index (κ2) is 6.82. The zero-order valence-electron chi connectivity index (χ0n) is 15.7. The maximum Gasteiger partial charge on any atom is 0.265 e. The van der Waals surface area contributed by atoms with Crippen molar-refractivity contribution in [1.82, 2.24) is 4.98 Å². The standard InChI is InChI=1S/C21H21F2N3O2/c1-11-6-15-17(25-21(11)27)8-13(28-2)9-19(15)26-5-3-4-12-7-16(24)14(20(22)23)10-18(12)26/h6-10,20H,3-5,24H2,1-2H3,(H,25,27). The van der Waals surface area contributed by atoms with Crippen LogP contribution in [0.15, 0.2) is 35.1 Å². The lowest BCUT2D eigenvalue weighted by molar-refractivity contribution is 0.152. The first-order valence-corrected chi connectivity index (χ1v) is 9.08. The normalized spacial score (nSPS) is 13.8. The molecule has 0 atom stereocenters. The van der Waals surface area contributed by atoms with E-state index in [1.54, 1.807) is 26.2 Å². The Morgan fingerprint density at radius 3 is 2.68 bits per heavy atom. The lowest BCUT2D eigenvalue weighted by atomic mass is 9.96. The number of H-pyrrole nitrogens is 1. The van der Waals surface area contributed by atoms with Crippen LogP contribution in [0.25, 0.3) is 10.9 Å². The van der Waals surface area contributed by atoms with Gasteiger partial charge in [-0.2, -0.15) is 0 Å². The average molecular weight is 385 g/mol. The van der Waals surface area contributed by atoms with E-state index in [9.17, 15) is 13.6 Å². The van der Waals surface area contributed by atoms with E-state index in [2.05, 4.69) is 4.98 Å². The number of aryl methyl sites for hydroxylation is 2. The molecule has 2 aromatic carbocycles. The predicted octanol–water partition coefficient (Wildman–Crippen LogP) is 4.45. The minimum absolute atomic E-state index is 0.117. The molecule has 0 saturated carbocycles. The molecule has 1 aliphatic heterocycles. The van der Waals surface area contributed by atoms with Crippen LogP contribution in [-0.4, -0.2) is 18.6 Å². The highest BCUT2D eigenvalue weighted by Gasteiger charge is 2.24. The first kappa shape index (κ1) is 18.3. The second-order valence-electron chi connectivity index (χ2n) is 7.05. The Balaban J connectivity index is 1.98. The molecular formula is C21H21F2N3O2. The zero-order valence-corrected chi connectivity index (χ0v) is 15.7. The molecule has 3 aromatic rings. The van der Waals surface area contributed by atoms with Crippen LogP contribution in [0.4, 0.5) is 25.8 Å².